The van der Waals surface area contributed by atoms with E-state index in [9.17, 15) is 4.79 Å². The molecule has 0 radical (unpaired) electrons. The Morgan fingerprint density at radius 3 is 2.76 bits per heavy atom. The number of methoxy groups -OCH3 is 1. The number of carbonyl (C=O) groups is 1. The number of carbonyl (C=O) groups excluding carboxylic acids is 1. The Labute approximate surface area is 98.3 Å². The summed E-state index contributed by atoms with van der Waals surface area (Å²) in [6.07, 6.45) is 4.83. The van der Waals surface area contributed by atoms with Gasteiger partial charge in [0.1, 0.15) is 5.69 Å². The lowest BCUT2D eigenvalue weighted by Crippen LogP contribution is -2.13. The number of nitrogens with two attached hydrogens (primary N) is 1. The number of hydrogen-bond acceptors (Lipinski definition) is 4. The molecule has 0 fully saturated rings. The van der Waals surface area contributed by atoms with Crippen LogP contribution in [0.1, 0.15) is 10.4 Å². The van der Waals surface area contributed by atoms with Crippen LogP contribution in [0.2, 0.25) is 0 Å². The van der Waals surface area contributed by atoms with Crippen molar-refractivity contribution in [1.29, 1.82) is 0 Å². The minimum absolute atomic E-state index is 0.307. The van der Waals surface area contributed by atoms with Crippen molar-refractivity contribution in [3.05, 3.63) is 42.4 Å². The second-order valence-electron chi connectivity index (χ2n) is 3.35. The molecular weight excluding hydrogens is 218 g/mol. The predicted octanol–water partition coefficient (Wildman–Crippen LogP) is 1.25. The molecule has 2 heterocycles. The Morgan fingerprint density at radius 2 is 2.18 bits per heavy atom. The largest absolute Gasteiger partial charge is 0.494 e. The molecule has 2 aromatic rings. The Hall–Kier alpha value is -2.43. The number of hydrogen-bond donors (Lipinski definition) is 1. The van der Waals surface area contributed by atoms with E-state index in [2.05, 4.69) is 9.97 Å². The zero-order valence-electron chi connectivity index (χ0n) is 9.25. The zero-order chi connectivity index (χ0) is 12.3. The average Bonchev–Trinajstić information content (AvgIpc) is 2.38. The van der Waals surface area contributed by atoms with Gasteiger partial charge >= 0.3 is 0 Å². The third-order valence-corrected chi connectivity index (χ3v) is 2.31. The summed E-state index contributed by atoms with van der Waals surface area (Å²) in [6.45, 7) is 0. The summed E-state index contributed by atoms with van der Waals surface area (Å²) in [6, 6.07) is 5.15. The number of primary amides is 1. The number of aromatic nitrogens is 2. The molecule has 0 aliphatic carbocycles. The number of amides is 1. The van der Waals surface area contributed by atoms with E-state index in [1.807, 2.05) is 6.07 Å². The van der Waals surface area contributed by atoms with E-state index >= 15 is 0 Å². The molecule has 17 heavy (non-hydrogen) atoms. The van der Waals surface area contributed by atoms with Crippen LogP contribution >= 0.6 is 0 Å². The van der Waals surface area contributed by atoms with E-state index in [-0.39, 0.29) is 0 Å². The quantitative estimate of drug-likeness (QED) is 0.859. The molecule has 0 aliphatic rings. The maximum atomic E-state index is 11.3. The monoisotopic (exact) mass is 229 g/mol. The second kappa shape index (κ2) is 4.61. The van der Waals surface area contributed by atoms with E-state index in [1.165, 1.54) is 19.4 Å². The molecule has 0 saturated heterocycles. The van der Waals surface area contributed by atoms with Crippen molar-refractivity contribution in [1.82, 2.24) is 9.97 Å². The highest BCUT2D eigenvalue weighted by Crippen LogP contribution is 2.29. The first-order chi connectivity index (χ1) is 8.24. The number of nitrogens with zero attached hydrogens (tertiary/aromatic N) is 2. The lowest BCUT2D eigenvalue weighted by molar-refractivity contribution is 0.0997. The summed E-state index contributed by atoms with van der Waals surface area (Å²) >= 11 is 0. The molecule has 86 valence electrons. The molecule has 5 heteroatoms. The van der Waals surface area contributed by atoms with Crippen LogP contribution in [0.3, 0.4) is 0 Å². The van der Waals surface area contributed by atoms with Crippen molar-refractivity contribution in [3.8, 4) is 17.0 Å². The van der Waals surface area contributed by atoms with E-state index in [0.717, 1.165) is 5.56 Å². The number of ether oxygens (including phenoxy) is 1. The van der Waals surface area contributed by atoms with E-state index in [1.54, 1.807) is 18.5 Å². The van der Waals surface area contributed by atoms with Gasteiger partial charge in [-0.05, 0) is 18.2 Å². The van der Waals surface area contributed by atoms with Crippen LogP contribution in [-0.2, 0) is 0 Å². The zero-order valence-corrected chi connectivity index (χ0v) is 9.25. The predicted molar refractivity (Wildman–Crippen MR) is 62.5 cm³/mol. The fourth-order valence-corrected chi connectivity index (χ4v) is 1.56. The molecular formula is C12H11N3O2. The summed E-state index contributed by atoms with van der Waals surface area (Å²) < 4.78 is 5.20. The van der Waals surface area contributed by atoms with E-state index < -0.39 is 5.91 Å². The Balaban J connectivity index is 2.63. The van der Waals surface area contributed by atoms with Crippen LogP contribution in [0.5, 0.6) is 5.75 Å². The number of rotatable bonds is 3. The first-order valence-electron chi connectivity index (χ1n) is 4.97. The molecule has 2 N–H and O–H groups in total. The van der Waals surface area contributed by atoms with Crippen LogP contribution in [-0.4, -0.2) is 23.0 Å². The van der Waals surface area contributed by atoms with Crippen LogP contribution in [0, 0.1) is 0 Å². The lowest BCUT2D eigenvalue weighted by atomic mass is 10.1. The highest BCUT2D eigenvalue weighted by Gasteiger charge is 2.15. The van der Waals surface area contributed by atoms with Gasteiger partial charge in [-0.25, -0.2) is 0 Å². The highest BCUT2D eigenvalue weighted by atomic mass is 16.5. The summed E-state index contributed by atoms with van der Waals surface area (Å²) in [4.78, 5) is 19.5. The molecule has 0 spiro atoms. The third kappa shape index (κ3) is 2.08. The van der Waals surface area contributed by atoms with Crippen LogP contribution in [0.15, 0.2) is 36.8 Å². The maximum Gasteiger partial charge on any atom is 0.252 e. The van der Waals surface area contributed by atoms with Gasteiger partial charge in [0, 0.05) is 24.2 Å². The van der Waals surface area contributed by atoms with Gasteiger partial charge < -0.3 is 10.5 Å². The second-order valence-corrected chi connectivity index (χ2v) is 3.35. The van der Waals surface area contributed by atoms with Crippen molar-refractivity contribution >= 4 is 5.91 Å². The Bertz CT molecular complexity index is 541. The van der Waals surface area contributed by atoms with Gasteiger partial charge in [0.05, 0.1) is 12.7 Å². The summed E-state index contributed by atoms with van der Waals surface area (Å²) in [5.41, 5.74) is 6.91. The minimum atomic E-state index is -0.547. The molecule has 2 aromatic heterocycles. The smallest absolute Gasteiger partial charge is 0.252 e. The Kier molecular flexibility index (Phi) is 3.00. The molecule has 0 aliphatic heterocycles. The highest BCUT2D eigenvalue weighted by molar-refractivity contribution is 5.97. The van der Waals surface area contributed by atoms with Gasteiger partial charge in [-0.1, -0.05) is 0 Å². The van der Waals surface area contributed by atoms with Crippen molar-refractivity contribution in [2.45, 2.75) is 0 Å². The fourth-order valence-electron chi connectivity index (χ4n) is 1.56. The molecule has 0 unspecified atom stereocenters. The standard InChI is InChI=1S/C12H11N3O2/c1-17-11-9(12(13)16)4-6-15-10(11)8-3-2-5-14-7-8/h2-7H,1H3,(H2,13,16). The molecule has 1 amide bonds. The van der Waals surface area contributed by atoms with Crippen molar-refractivity contribution in [2.75, 3.05) is 7.11 Å². The van der Waals surface area contributed by atoms with Gasteiger partial charge in [-0.2, -0.15) is 0 Å². The summed E-state index contributed by atoms with van der Waals surface area (Å²) in [5, 5.41) is 0. The molecule has 0 aromatic carbocycles. The van der Waals surface area contributed by atoms with Crippen LogP contribution < -0.4 is 10.5 Å². The minimum Gasteiger partial charge on any atom is -0.494 e. The van der Waals surface area contributed by atoms with E-state index in [0.29, 0.717) is 17.0 Å². The van der Waals surface area contributed by atoms with Crippen molar-refractivity contribution in [2.24, 2.45) is 5.73 Å². The lowest BCUT2D eigenvalue weighted by Gasteiger charge is -2.10. The van der Waals surface area contributed by atoms with Crippen molar-refractivity contribution in [3.63, 3.8) is 0 Å². The SMILES string of the molecule is COc1c(C(N)=O)ccnc1-c1cccnc1. The third-order valence-electron chi connectivity index (χ3n) is 2.31. The van der Waals surface area contributed by atoms with Gasteiger partial charge in [0.25, 0.3) is 5.91 Å². The molecule has 0 bridgehead atoms. The van der Waals surface area contributed by atoms with Crippen molar-refractivity contribution < 1.29 is 9.53 Å². The summed E-state index contributed by atoms with van der Waals surface area (Å²) in [5.74, 6) is -0.178. The average molecular weight is 229 g/mol. The topological polar surface area (TPSA) is 78.1 Å². The van der Waals surface area contributed by atoms with E-state index in [4.69, 9.17) is 10.5 Å². The van der Waals surface area contributed by atoms with Crippen LogP contribution in [0.25, 0.3) is 11.3 Å². The van der Waals surface area contributed by atoms with Crippen LogP contribution in [0.4, 0.5) is 0 Å². The fraction of sp³-hybridized carbons (Fsp3) is 0.0833. The molecule has 0 atom stereocenters. The van der Waals surface area contributed by atoms with Gasteiger partial charge in [-0.3, -0.25) is 14.8 Å². The first kappa shape index (κ1) is 11.1. The van der Waals surface area contributed by atoms with Gasteiger partial charge in [-0.15, -0.1) is 0 Å². The number of pyridine rings is 2. The molecule has 5 nitrogen and oxygen atoms in total. The van der Waals surface area contributed by atoms with Gasteiger partial charge in [0.15, 0.2) is 5.75 Å². The van der Waals surface area contributed by atoms with Gasteiger partial charge in [0.2, 0.25) is 0 Å². The normalized spacial score (nSPS) is 9.94. The summed E-state index contributed by atoms with van der Waals surface area (Å²) in [7, 11) is 1.48. The molecule has 0 saturated carbocycles. The first-order valence-corrected chi connectivity index (χ1v) is 4.97. The Morgan fingerprint density at radius 1 is 1.35 bits per heavy atom. The maximum absolute atomic E-state index is 11.3. The molecule has 2 rings (SSSR count).